The van der Waals surface area contributed by atoms with E-state index < -0.39 is 8.60 Å². The summed E-state index contributed by atoms with van der Waals surface area (Å²) in [5, 5.41) is 0. The Morgan fingerprint density at radius 3 is 0.857 bits per heavy atom. The molecule has 0 saturated heterocycles. The second-order valence-corrected chi connectivity index (χ2v) is 8.16. The quantitative estimate of drug-likeness (QED) is 0.411. The summed E-state index contributed by atoms with van der Waals surface area (Å²) in [5.41, 5.74) is 6.35. The van der Waals surface area contributed by atoms with Gasteiger partial charge in [-0.05, 0) is 74.9 Å². The minimum atomic E-state index is -1.69. The van der Waals surface area contributed by atoms with Crippen LogP contribution in [0.4, 0.5) is 0 Å². The molecule has 4 heteroatoms. The number of aryl methyl sites for hydroxylation is 6. The summed E-state index contributed by atoms with van der Waals surface area (Å²) in [5.74, 6) is 2.43. The van der Waals surface area contributed by atoms with Crippen LogP contribution >= 0.6 is 8.60 Å². The lowest BCUT2D eigenvalue weighted by Crippen LogP contribution is -2.07. The summed E-state index contributed by atoms with van der Waals surface area (Å²) < 4.78 is 19.0. The van der Waals surface area contributed by atoms with Crippen molar-refractivity contribution in [2.24, 2.45) is 0 Å². The van der Waals surface area contributed by atoms with Crippen molar-refractivity contribution < 1.29 is 13.6 Å². The first-order chi connectivity index (χ1) is 13.4. The fraction of sp³-hybridized carbons (Fsp3) is 0.250. The third-order valence-electron chi connectivity index (χ3n) is 4.72. The molecule has 3 aromatic carbocycles. The summed E-state index contributed by atoms with van der Waals surface area (Å²) in [4.78, 5) is 0. The Morgan fingerprint density at radius 1 is 0.429 bits per heavy atom. The molecule has 146 valence electrons. The smallest absolute Gasteiger partial charge is 0.408 e. The number of hydrogen-bond acceptors (Lipinski definition) is 3. The average molecular weight is 394 g/mol. The molecule has 28 heavy (non-hydrogen) atoms. The molecule has 0 aliphatic rings. The van der Waals surface area contributed by atoms with Crippen LogP contribution in [0.5, 0.6) is 17.2 Å². The van der Waals surface area contributed by atoms with Crippen LogP contribution in [0, 0.1) is 41.5 Å². The summed E-state index contributed by atoms with van der Waals surface area (Å²) in [6.45, 7) is 12.2. The maximum absolute atomic E-state index is 6.32. The minimum absolute atomic E-state index is 0.811. The Kier molecular flexibility index (Phi) is 6.26. The fourth-order valence-electron chi connectivity index (χ4n) is 3.11. The molecule has 0 unspecified atom stereocenters. The predicted molar refractivity (Wildman–Crippen MR) is 117 cm³/mol. The molecule has 0 radical (unpaired) electrons. The van der Waals surface area contributed by atoms with Gasteiger partial charge in [0.25, 0.3) is 0 Å². The summed E-state index contributed by atoms with van der Waals surface area (Å²) in [6, 6.07) is 18.3. The van der Waals surface area contributed by atoms with Gasteiger partial charge in [0, 0.05) is 0 Å². The van der Waals surface area contributed by atoms with E-state index in [4.69, 9.17) is 13.6 Å². The van der Waals surface area contributed by atoms with Gasteiger partial charge in [0.05, 0.1) is 0 Å². The molecule has 0 spiro atoms. The van der Waals surface area contributed by atoms with Gasteiger partial charge >= 0.3 is 8.60 Å². The number of hydrogen-bond donors (Lipinski definition) is 0. The summed E-state index contributed by atoms with van der Waals surface area (Å²) in [6.07, 6.45) is 0. The van der Waals surface area contributed by atoms with Gasteiger partial charge in [-0.3, -0.25) is 0 Å². The summed E-state index contributed by atoms with van der Waals surface area (Å²) >= 11 is 0. The molecular weight excluding hydrogens is 367 g/mol. The van der Waals surface area contributed by atoms with Crippen LogP contribution in [0.1, 0.15) is 33.4 Å². The van der Waals surface area contributed by atoms with Crippen molar-refractivity contribution >= 4 is 8.60 Å². The Bertz CT molecular complexity index is 794. The molecule has 0 aliphatic carbocycles. The molecular formula is C24H27O3P. The zero-order valence-electron chi connectivity index (χ0n) is 17.4. The molecule has 0 aliphatic heterocycles. The molecule has 0 saturated carbocycles. The van der Waals surface area contributed by atoms with Gasteiger partial charge in [0.2, 0.25) is 0 Å². The predicted octanol–water partition coefficient (Wildman–Crippen LogP) is 7.30. The molecule has 0 N–H and O–H groups in total. The normalized spacial score (nSPS) is 10.8. The highest BCUT2D eigenvalue weighted by Crippen LogP contribution is 2.46. The molecule has 0 atom stereocenters. The molecule has 0 amide bonds. The maximum atomic E-state index is 6.32. The van der Waals surface area contributed by atoms with Crippen LogP contribution in [0.2, 0.25) is 0 Å². The lowest BCUT2D eigenvalue weighted by molar-refractivity contribution is 0.381. The van der Waals surface area contributed by atoms with Crippen LogP contribution < -0.4 is 13.6 Å². The van der Waals surface area contributed by atoms with E-state index in [2.05, 4.69) is 0 Å². The van der Waals surface area contributed by atoms with Crippen LogP contribution in [0.25, 0.3) is 0 Å². The third-order valence-corrected chi connectivity index (χ3v) is 5.72. The standard InChI is InChI=1S/C24H27O3P/c1-16-10-7-11-17(2)22(16)25-28(26-23-18(3)12-8-13-19(23)4)27-24-20(5)14-9-15-21(24)6/h7-15H,1-6H3. The van der Waals surface area contributed by atoms with Crippen molar-refractivity contribution in [3.63, 3.8) is 0 Å². The van der Waals surface area contributed by atoms with Gasteiger partial charge in [-0.15, -0.1) is 0 Å². The number of rotatable bonds is 6. The molecule has 3 nitrogen and oxygen atoms in total. The van der Waals surface area contributed by atoms with Crippen molar-refractivity contribution in [1.29, 1.82) is 0 Å². The monoisotopic (exact) mass is 394 g/mol. The van der Waals surface area contributed by atoms with Crippen LogP contribution in [0.15, 0.2) is 54.6 Å². The SMILES string of the molecule is Cc1cccc(C)c1OP(Oc1c(C)cccc1C)Oc1c(C)cccc1C. The van der Waals surface area contributed by atoms with Gasteiger partial charge in [0.15, 0.2) is 0 Å². The Labute approximate surface area is 169 Å². The highest BCUT2D eigenvalue weighted by Gasteiger charge is 2.24. The van der Waals surface area contributed by atoms with Crippen molar-refractivity contribution in [2.75, 3.05) is 0 Å². The van der Waals surface area contributed by atoms with Crippen molar-refractivity contribution in [3.8, 4) is 17.2 Å². The Balaban J connectivity index is 1.98. The molecule has 3 rings (SSSR count). The molecule has 0 heterocycles. The summed E-state index contributed by atoms with van der Waals surface area (Å²) in [7, 11) is -1.69. The molecule has 0 fully saturated rings. The van der Waals surface area contributed by atoms with Crippen molar-refractivity contribution in [2.45, 2.75) is 41.5 Å². The van der Waals surface area contributed by atoms with E-state index >= 15 is 0 Å². The Morgan fingerprint density at radius 2 is 0.643 bits per heavy atom. The van der Waals surface area contributed by atoms with E-state index in [0.29, 0.717) is 0 Å². The fourth-order valence-corrected chi connectivity index (χ4v) is 4.53. The highest BCUT2D eigenvalue weighted by molar-refractivity contribution is 7.43. The maximum Gasteiger partial charge on any atom is 0.530 e. The van der Waals surface area contributed by atoms with Crippen LogP contribution in [-0.2, 0) is 0 Å². The molecule has 0 aromatic heterocycles. The Hall–Kier alpha value is -2.51. The van der Waals surface area contributed by atoms with E-state index in [0.717, 1.165) is 50.6 Å². The minimum Gasteiger partial charge on any atom is -0.408 e. The molecule has 0 bridgehead atoms. The largest absolute Gasteiger partial charge is 0.530 e. The van der Waals surface area contributed by atoms with Crippen molar-refractivity contribution in [3.05, 3.63) is 88.0 Å². The lowest BCUT2D eigenvalue weighted by atomic mass is 10.1. The van der Waals surface area contributed by atoms with Crippen molar-refractivity contribution in [1.82, 2.24) is 0 Å². The van der Waals surface area contributed by atoms with Gasteiger partial charge in [-0.2, -0.15) is 0 Å². The average Bonchev–Trinajstić information content (AvgIpc) is 2.64. The zero-order chi connectivity index (χ0) is 20.3. The number of benzene rings is 3. The van der Waals surface area contributed by atoms with Gasteiger partial charge in [-0.1, -0.05) is 54.6 Å². The van der Waals surface area contributed by atoms with E-state index in [-0.39, 0.29) is 0 Å². The first kappa shape index (κ1) is 20.2. The second kappa shape index (κ2) is 8.67. The van der Waals surface area contributed by atoms with E-state index in [9.17, 15) is 0 Å². The first-order valence-electron chi connectivity index (χ1n) is 9.39. The van der Waals surface area contributed by atoms with E-state index in [1.165, 1.54) is 0 Å². The second-order valence-electron chi connectivity index (χ2n) is 7.16. The third kappa shape index (κ3) is 4.48. The lowest BCUT2D eigenvalue weighted by Gasteiger charge is -2.23. The molecule has 3 aromatic rings. The number of para-hydroxylation sites is 3. The van der Waals surface area contributed by atoms with Crippen LogP contribution in [-0.4, -0.2) is 0 Å². The zero-order valence-corrected chi connectivity index (χ0v) is 18.3. The van der Waals surface area contributed by atoms with E-state index in [1.807, 2.05) is 96.1 Å². The van der Waals surface area contributed by atoms with Gasteiger partial charge in [-0.25, -0.2) is 0 Å². The topological polar surface area (TPSA) is 27.7 Å². The van der Waals surface area contributed by atoms with Gasteiger partial charge < -0.3 is 13.6 Å². The first-order valence-corrected chi connectivity index (χ1v) is 10.5. The van der Waals surface area contributed by atoms with Gasteiger partial charge in [0.1, 0.15) is 17.2 Å². The van der Waals surface area contributed by atoms with E-state index in [1.54, 1.807) is 0 Å². The van der Waals surface area contributed by atoms with Crippen LogP contribution in [0.3, 0.4) is 0 Å². The highest BCUT2D eigenvalue weighted by atomic mass is 31.2.